The first-order valence-corrected chi connectivity index (χ1v) is 12.1. The number of amides is 3. The molecule has 12 heteroatoms. The van der Waals surface area contributed by atoms with Crippen LogP contribution in [0.25, 0.3) is 6.08 Å². The molecule has 0 radical (unpaired) electrons. The third-order valence-electron chi connectivity index (χ3n) is 4.95. The summed E-state index contributed by atoms with van der Waals surface area (Å²) in [5.74, 6) is -1.30. The van der Waals surface area contributed by atoms with E-state index in [1.165, 1.54) is 29.5 Å². The van der Waals surface area contributed by atoms with Gasteiger partial charge in [-0.25, -0.2) is 12.8 Å². The quantitative estimate of drug-likeness (QED) is 0.534. The number of nitrogens with one attached hydrogen (secondary N) is 1. The van der Waals surface area contributed by atoms with Crippen LogP contribution in [0.3, 0.4) is 0 Å². The predicted octanol–water partition coefficient (Wildman–Crippen LogP) is 2.91. The minimum absolute atomic E-state index is 0.0137. The van der Waals surface area contributed by atoms with E-state index in [-0.39, 0.29) is 18.7 Å². The Morgan fingerprint density at radius 2 is 2.00 bits per heavy atom. The van der Waals surface area contributed by atoms with Crippen molar-refractivity contribution in [2.45, 2.75) is 25.4 Å². The third-order valence-corrected chi connectivity index (χ3v) is 7.26. The lowest BCUT2D eigenvalue weighted by atomic mass is 10.1. The van der Waals surface area contributed by atoms with Gasteiger partial charge in [0, 0.05) is 16.8 Å². The molecule has 32 heavy (non-hydrogen) atoms. The predicted molar refractivity (Wildman–Crippen MR) is 120 cm³/mol. The number of halogens is 2. The largest absolute Gasteiger partial charge is 0.308 e. The molecule has 3 amide bonds. The number of imide groups is 1. The number of hydrogen-bond donors (Lipinski definition) is 1. The van der Waals surface area contributed by atoms with Crippen LogP contribution >= 0.6 is 22.9 Å². The van der Waals surface area contributed by atoms with E-state index in [1.807, 2.05) is 0 Å². The Morgan fingerprint density at radius 1 is 1.28 bits per heavy atom. The number of thiophene rings is 1. The van der Waals surface area contributed by atoms with Crippen LogP contribution in [0, 0.1) is 5.82 Å². The standard InChI is InChI=1S/C20H19ClFN3O5S2/c1-13(24(11-26)12-27)14-2-4-18(16(22)10-14)25-8-6-17(20(25)28)23-32(29,30)9-7-15-3-5-19(21)31-15/h2-5,7,9-13,17,23H,6,8H2,1H3/b9-7+. The monoisotopic (exact) mass is 499 g/mol. The van der Waals surface area contributed by atoms with Crippen LogP contribution < -0.4 is 9.62 Å². The van der Waals surface area contributed by atoms with Gasteiger partial charge in [0.1, 0.15) is 11.9 Å². The molecule has 2 unspecified atom stereocenters. The number of hydrogen-bond acceptors (Lipinski definition) is 6. The molecule has 2 atom stereocenters. The molecule has 1 aromatic heterocycles. The van der Waals surface area contributed by atoms with Gasteiger partial charge < -0.3 is 4.90 Å². The van der Waals surface area contributed by atoms with Gasteiger partial charge in [-0.2, -0.15) is 4.72 Å². The molecular weight excluding hydrogens is 481 g/mol. The highest BCUT2D eigenvalue weighted by Gasteiger charge is 2.36. The van der Waals surface area contributed by atoms with E-state index in [4.69, 9.17) is 11.6 Å². The van der Waals surface area contributed by atoms with E-state index in [9.17, 15) is 27.2 Å². The molecule has 1 N–H and O–H groups in total. The Labute approximate surface area is 193 Å². The summed E-state index contributed by atoms with van der Waals surface area (Å²) in [6.07, 6.45) is 2.22. The van der Waals surface area contributed by atoms with Crippen LogP contribution in [0.1, 0.15) is 29.8 Å². The molecular formula is C20H19ClFN3O5S2. The summed E-state index contributed by atoms with van der Waals surface area (Å²) >= 11 is 7.02. The van der Waals surface area contributed by atoms with Crippen molar-refractivity contribution >= 4 is 63.5 Å². The van der Waals surface area contributed by atoms with Crippen LogP contribution in [0.15, 0.2) is 35.7 Å². The van der Waals surface area contributed by atoms with Gasteiger partial charge in [0.2, 0.25) is 28.8 Å². The summed E-state index contributed by atoms with van der Waals surface area (Å²) in [4.78, 5) is 37.2. The highest BCUT2D eigenvalue weighted by molar-refractivity contribution is 7.92. The minimum Gasteiger partial charge on any atom is -0.308 e. The van der Waals surface area contributed by atoms with Gasteiger partial charge in [0.05, 0.1) is 16.1 Å². The molecule has 1 aliphatic rings. The van der Waals surface area contributed by atoms with Crippen molar-refractivity contribution < 1.29 is 27.2 Å². The summed E-state index contributed by atoms with van der Waals surface area (Å²) in [5, 5.41) is 0.952. The number of rotatable bonds is 9. The van der Waals surface area contributed by atoms with Crippen LogP contribution in [-0.2, 0) is 24.4 Å². The van der Waals surface area contributed by atoms with E-state index in [1.54, 1.807) is 19.1 Å². The first-order valence-electron chi connectivity index (χ1n) is 9.40. The van der Waals surface area contributed by atoms with Crippen molar-refractivity contribution in [2.24, 2.45) is 0 Å². The molecule has 0 spiro atoms. The molecule has 1 aromatic carbocycles. The fourth-order valence-electron chi connectivity index (χ4n) is 3.22. The van der Waals surface area contributed by atoms with Crippen LogP contribution in [0.4, 0.5) is 10.1 Å². The van der Waals surface area contributed by atoms with Gasteiger partial charge in [0.25, 0.3) is 0 Å². The Hall–Kier alpha value is -2.60. The molecule has 0 bridgehead atoms. The topological polar surface area (TPSA) is 104 Å². The fraction of sp³-hybridized carbons (Fsp3) is 0.250. The number of nitrogens with zero attached hydrogens (tertiary/aromatic N) is 2. The van der Waals surface area contributed by atoms with Crippen molar-refractivity contribution in [3.63, 3.8) is 0 Å². The molecule has 1 saturated heterocycles. The summed E-state index contributed by atoms with van der Waals surface area (Å²) in [6, 6.07) is 5.59. The van der Waals surface area contributed by atoms with E-state index < -0.39 is 33.8 Å². The number of carbonyl (C=O) groups excluding carboxylic acids is 3. The zero-order chi connectivity index (χ0) is 23.5. The van der Waals surface area contributed by atoms with Gasteiger partial charge in [-0.3, -0.25) is 19.3 Å². The van der Waals surface area contributed by atoms with Gasteiger partial charge in [-0.05, 0) is 49.2 Å². The zero-order valence-electron chi connectivity index (χ0n) is 16.8. The maximum atomic E-state index is 14.7. The smallest absolute Gasteiger partial charge is 0.245 e. The van der Waals surface area contributed by atoms with Crippen molar-refractivity contribution in [1.82, 2.24) is 9.62 Å². The number of benzene rings is 1. The van der Waals surface area contributed by atoms with Crippen molar-refractivity contribution in [1.29, 1.82) is 0 Å². The summed E-state index contributed by atoms with van der Waals surface area (Å²) < 4.78 is 42.2. The molecule has 2 aromatic rings. The summed E-state index contributed by atoms with van der Waals surface area (Å²) in [5.41, 5.74) is 0.355. The molecule has 3 rings (SSSR count). The molecule has 2 heterocycles. The Morgan fingerprint density at radius 3 is 2.59 bits per heavy atom. The highest BCUT2D eigenvalue weighted by atomic mass is 35.5. The third kappa shape index (κ3) is 5.41. The van der Waals surface area contributed by atoms with Crippen molar-refractivity contribution in [2.75, 3.05) is 11.4 Å². The highest BCUT2D eigenvalue weighted by Crippen LogP contribution is 2.29. The van der Waals surface area contributed by atoms with E-state index >= 15 is 0 Å². The van der Waals surface area contributed by atoms with Gasteiger partial charge in [0.15, 0.2) is 0 Å². The maximum absolute atomic E-state index is 14.7. The van der Waals surface area contributed by atoms with Crippen LogP contribution in [-0.4, -0.2) is 44.6 Å². The van der Waals surface area contributed by atoms with Gasteiger partial charge in [-0.15, -0.1) is 11.3 Å². The van der Waals surface area contributed by atoms with E-state index in [0.29, 0.717) is 27.6 Å². The second-order valence-corrected chi connectivity index (χ2v) is 10.3. The molecule has 1 aliphatic heterocycles. The number of anilines is 1. The summed E-state index contributed by atoms with van der Waals surface area (Å²) in [6.45, 7) is 1.68. The lowest BCUT2D eigenvalue weighted by Gasteiger charge is -2.22. The lowest BCUT2D eigenvalue weighted by Crippen LogP contribution is -2.40. The van der Waals surface area contributed by atoms with Gasteiger partial charge >= 0.3 is 0 Å². The Kier molecular flexibility index (Phi) is 7.44. The van der Waals surface area contributed by atoms with E-state index in [0.717, 1.165) is 21.3 Å². The fourth-order valence-corrected chi connectivity index (χ4v) is 5.29. The molecule has 1 fully saturated rings. The number of sulfonamides is 1. The molecule has 0 aliphatic carbocycles. The SMILES string of the molecule is CC(c1ccc(N2CCC(NS(=O)(=O)/C=C/c3ccc(Cl)s3)C2=O)c(F)c1)N(C=O)C=O. The molecule has 8 nitrogen and oxygen atoms in total. The Balaban J connectivity index is 1.71. The maximum Gasteiger partial charge on any atom is 0.245 e. The first kappa shape index (κ1) is 24.1. The Bertz CT molecular complexity index is 1160. The summed E-state index contributed by atoms with van der Waals surface area (Å²) in [7, 11) is -3.92. The molecule has 170 valence electrons. The second kappa shape index (κ2) is 9.90. The average molecular weight is 500 g/mol. The van der Waals surface area contributed by atoms with Crippen LogP contribution in [0.2, 0.25) is 4.34 Å². The molecule has 0 saturated carbocycles. The minimum atomic E-state index is -3.92. The van der Waals surface area contributed by atoms with Crippen LogP contribution in [0.5, 0.6) is 0 Å². The van der Waals surface area contributed by atoms with E-state index in [2.05, 4.69) is 4.72 Å². The normalized spacial score (nSPS) is 17.7. The van der Waals surface area contributed by atoms with Gasteiger partial charge in [-0.1, -0.05) is 17.7 Å². The zero-order valence-corrected chi connectivity index (χ0v) is 19.2. The second-order valence-electron chi connectivity index (χ2n) is 6.98. The average Bonchev–Trinajstić information content (AvgIpc) is 3.33. The first-order chi connectivity index (χ1) is 15.1. The number of carbonyl (C=O) groups is 3. The van der Waals surface area contributed by atoms with Crippen molar-refractivity contribution in [3.05, 3.63) is 56.3 Å². The lowest BCUT2D eigenvalue weighted by molar-refractivity contribution is -0.131. The van der Waals surface area contributed by atoms with Crippen molar-refractivity contribution in [3.8, 4) is 0 Å².